The third-order valence-corrected chi connectivity index (χ3v) is 4.16. The number of piperidine rings is 2. The summed E-state index contributed by atoms with van der Waals surface area (Å²) in [5.74, 6) is 0.606. The maximum Gasteiger partial charge on any atom is 0.410 e. The summed E-state index contributed by atoms with van der Waals surface area (Å²) in [5, 5.41) is 13.5. The fraction of sp³-hybridized carbons (Fsp3) is 0.909. The zero-order chi connectivity index (χ0) is 11.3. The Morgan fingerprint density at radius 2 is 2.25 bits per heavy atom. The van der Waals surface area contributed by atoms with Crippen molar-refractivity contribution in [1.29, 1.82) is 0 Å². The molecule has 0 aliphatic carbocycles. The average molecular weight is 226 g/mol. The van der Waals surface area contributed by atoms with Gasteiger partial charge in [0, 0.05) is 0 Å². The first-order valence-electron chi connectivity index (χ1n) is 6.09. The summed E-state index contributed by atoms with van der Waals surface area (Å²) in [5.41, 5.74) is 0. The minimum Gasteiger partial charge on any atom is -0.450 e. The summed E-state index contributed by atoms with van der Waals surface area (Å²) in [6, 6.07) is 0.141. The van der Waals surface area contributed by atoms with Crippen molar-refractivity contribution >= 4 is 6.09 Å². The van der Waals surface area contributed by atoms with Crippen molar-refractivity contribution in [3.05, 3.63) is 0 Å². The minimum absolute atomic E-state index is 0.0391. The van der Waals surface area contributed by atoms with E-state index in [0.717, 1.165) is 19.4 Å². The number of aliphatic hydroxyl groups is 1. The van der Waals surface area contributed by atoms with Gasteiger partial charge in [-0.05, 0) is 32.2 Å². The van der Waals surface area contributed by atoms with Gasteiger partial charge in [-0.15, -0.1) is 0 Å². The van der Waals surface area contributed by atoms with Crippen LogP contribution in [-0.2, 0) is 4.74 Å². The number of hydrogen-bond donors (Lipinski definition) is 2. The fourth-order valence-electron chi connectivity index (χ4n) is 3.54. The van der Waals surface area contributed by atoms with Crippen LogP contribution >= 0.6 is 0 Å². The second kappa shape index (κ2) is 3.60. The molecule has 0 spiro atoms. The van der Waals surface area contributed by atoms with E-state index in [1.165, 1.54) is 0 Å². The van der Waals surface area contributed by atoms with Gasteiger partial charge in [0.1, 0.15) is 0 Å². The molecule has 5 atom stereocenters. The molecule has 0 saturated carbocycles. The zero-order valence-corrected chi connectivity index (χ0v) is 9.43. The van der Waals surface area contributed by atoms with Gasteiger partial charge in [-0.2, -0.15) is 0 Å². The van der Waals surface area contributed by atoms with Crippen LogP contribution in [0.3, 0.4) is 0 Å². The van der Waals surface area contributed by atoms with Gasteiger partial charge >= 0.3 is 6.09 Å². The van der Waals surface area contributed by atoms with Crippen LogP contribution in [0.25, 0.3) is 0 Å². The predicted octanol–water partition coefficient (Wildman–Crippen LogP) is -0.0616. The van der Waals surface area contributed by atoms with Gasteiger partial charge in [-0.25, -0.2) is 4.79 Å². The molecule has 0 aromatic heterocycles. The van der Waals surface area contributed by atoms with E-state index in [2.05, 4.69) is 5.32 Å². The summed E-state index contributed by atoms with van der Waals surface area (Å²) in [4.78, 5) is 13.6. The van der Waals surface area contributed by atoms with Crippen molar-refractivity contribution in [2.75, 3.05) is 13.2 Å². The first-order chi connectivity index (χ1) is 7.72. The van der Waals surface area contributed by atoms with Gasteiger partial charge in [0.05, 0.1) is 30.8 Å². The first kappa shape index (κ1) is 10.4. The maximum atomic E-state index is 11.8. The zero-order valence-electron chi connectivity index (χ0n) is 9.43. The van der Waals surface area contributed by atoms with E-state index in [1.807, 2.05) is 6.92 Å². The van der Waals surface area contributed by atoms with E-state index in [1.54, 1.807) is 4.90 Å². The van der Waals surface area contributed by atoms with Gasteiger partial charge in [0.2, 0.25) is 0 Å². The van der Waals surface area contributed by atoms with Gasteiger partial charge < -0.3 is 15.2 Å². The largest absolute Gasteiger partial charge is 0.450 e. The molecular formula is C11H18N2O3. The summed E-state index contributed by atoms with van der Waals surface area (Å²) in [6.07, 6.45) is 1.22. The van der Waals surface area contributed by atoms with Crippen LogP contribution in [0.1, 0.15) is 19.8 Å². The summed E-state index contributed by atoms with van der Waals surface area (Å²) in [6.45, 7) is 3.18. The monoisotopic (exact) mass is 226 g/mol. The van der Waals surface area contributed by atoms with Crippen molar-refractivity contribution in [2.45, 2.75) is 44.0 Å². The van der Waals surface area contributed by atoms with Crippen molar-refractivity contribution in [3.63, 3.8) is 0 Å². The van der Waals surface area contributed by atoms with Crippen LogP contribution in [-0.4, -0.2) is 53.5 Å². The molecule has 3 fully saturated rings. The topological polar surface area (TPSA) is 61.8 Å². The smallest absolute Gasteiger partial charge is 0.410 e. The third-order valence-electron chi connectivity index (χ3n) is 4.16. The van der Waals surface area contributed by atoms with Crippen LogP contribution in [0.2, 0.25) is 0 Å². The number of fused-ring (bicyclic) bond motifs is 2. The molecule has 90 valence electrons. The molecule has 0 aromatic rings. The number of nitrogens with zero attached hydrogens (tertiary/aromatic N) is 1. The van der Waals surface area contributed by atoms with Crippen molar-refractivity contribution in [2.24, 2.45) is 5.92 Å². The van der Waals surface area contributed by atoms with E-state index < -0.39 is 6.10 Å². The Labute approximate surface area is 94.8 Å². The van der Waals surface area contributed by atoms with Crippen LogP contribution in [0.4, 0.5) is 4.79 Å². The van der Waals surface area contributed by atoms with E-state index in [4.69, 9.17) is 4.74 Å². The Hall–Kier alpha value is -0.810. The number of aliphatic hydroxyl groups excluding tert-OH is 1. The lowest BCUT2D eigenvalue weighted by atomic mass is 9.88. The molecule has 16 heavy (non-hydrogen) atoms. The Balaban J connectivity index is 1.85. The molecule has 3 saturated heterocycles. The third kappa shape index (κ3) is 1.28. The Bertz CT molecular complexity index is 308. The quantitative estimate of drug-likeness (QED) is 0.657. The lowest BCUT2D eigenvalue weighted by Crippen LogP contribution is -2.56. The molecule has 5 heteroatoms. The molecule has 3 aliphatic rings. The van der Waals surface area contributed by atoms with Gasteiger partial charge in [0.15, 0.2) is 0 Å². The van der Waals surface area contributed by atoms with Crippen molar-refractivity contribution in [3.8, 4) is 0 Å². The number of carbonyl (C=O) groups is 1. The van der Waals surface area contributed by atoms with Crippen LogP contribution < -0.4 is 5.32 Å². The highest BCUT2D eigenvalue weighted by molar-refractivity contribution is 5.69. The molecule has 3 rings (SSSR count). The number of nitrogens with one attached hydrogen (secondary N) is 1. The molecule has 0 radical (unpaired) electrons. The van der Waals surface area contributed by atoms with E-state index >= 15 is 0 Å². The molecule has 3 bridgehead atoms. The first-order valence-corrected chi connectivity index (χ1v) is 6.09. The maximum absolute atomic E-state index is 11.8. The molecular weight excluding hydrogens is 208 g/mol. The summed E-state index contributed by atoms with van der Waals surface area (Å²) in [7, 11) is 0. The van der Waals surface area contributed by atoms with Crippen molar-refractivity contribution in [1.82, 2.24) is 10.2 Å². The molecule has 3 aliphatic heterocycles. The highest BCUT2D eigenvalue weighted by Gasteiger charge is 2.57. The number of ether oxygens (including phenoxy) is 1. The molecule has 1 amide bonds. The number of rotatable bonds is 1. The number of amides is 1. The van der Waals surface area contributed by atoms with Crippen molar-refractivity contribution < 1.29 is 14.6 Å². The van der Waals surface area contributed by atoms with E-state index in [9.17, 15) is 9.90 Å². The summed E-state index contributed by atoms with van der Waals surface area (Å²) >= 11 is 0. The predicted molar refractivity (Wildman–Crippen MR) is 57.0 cm³/mol. The fourth-order valence-corrected chi connectivity index (χ4v) is 3.54. The average Bonchev–Trinajstić information content (AvgIpc) is 2.37. The second-order valence-corrected chi connectivity index (χ2v) is 5.00. The Morgan fingerprint density at radius 1 is 1.50 bits per heavy atom. The van der Waals surface area contributed by atoms with Crippen LogP contribution in [0.15, 0.2) is 0 Å². The van der Waals surface area contributed by atoms with Crippen LogP contribution in [0, 0.1) is 5.92 Å². The van der Waals surface area contributed by atoms with Gasteiger partial charge in [0.25, 0.3) is 0 Å². The molecule has 3 heterocycles. The Kier molecular flexibility index (Phi) is 2.33. The molecule has 2 N–H and O–H groups in total. The van der Waals surface area contributed by atoms with Gasteiger partial charge in [-0.1, -0.05) is 0 Å². The molecule has 4 unspecified atom stereocenters. The van der Waals surface area contributed by atoms with E-state index in [-0.39, 0.29) is 24.2 Å². The minimum atomic E-state index is -0.429. The lowest BCUT2D eigenvalue weighted by Gasteiger charge is -2.41. The lowest BCUT2D eigenvalue weighted by molar-refractivity contribution is 0.0399. The number of carbonyl (C=O) groups excluding carboxylic acids is 1. The van der Waals surface area contributed by atoms with Crippen LogP contribution in [0.5, 0.6) is 0 Å². The highest BCUT2D eigenvalue weighted by Crippen LogP contribution is 2.42. The SMILES string of the molecule is CCOC(=O)N1C2CC3CNC2[C@@H](O)C1C3. The normalized spacial score (nSPS) is 44.9. The second-order valence-electron chi connectivity index (χ2n) is 5.00. The van der Waals surface area contributed by atoms with Gasteiger partial charge in [-0.3, -0.25) is 4.90 Å². The molecule has 0 aromatic carbocycles. The molecule has 5 nitrogen and oxygen atoms in total. The standard InChI is InChI=1S/C11H18N2O3/c1-2-16-11(15)13-7-3-6-4-8(13)10(14)9(7)12-5-6/h6-10,12,14H,2-5H2,1H3/t6?,7?,8?,9?,10-/m0/s1. The Morgan fingerprint density at radius 3 is 3.00 bits per heavy atom. The highest BCUT2D eigenvalue weighted by atomic mass is 16.6. The number of hydrogen-bond acceptors (Lipinski definition) is 4. The van der Waals surface area contributed by atoms with E-state index in [0.29, 0.717) is 12.5 Å². The summed E-state index contributed by atoms with van der Waals surface area (Å²) < 4.78 is 5.07.